The van der Waals surface area contributed by atoms with Gasteiger partial charge < -0.3 is 4.74 Å². The van der Waals surface area contributed by atoms with Crippen molar-refractivity contribution >= 4 is 45.0 Å². The molecule has 0 N–H and O–H groups in total. The number of thioether (sulfide) groups is 1. The first-order valence-corrected chi connectivity index (χ1v) is 10.8. The van der Waals surface area contributed by atoms with Gasteiger partial charge in [0.1, 0.15) is 4.90 Å². The second kappa shape index (κ2) is 8.24. The largest absolute Gasteiger partial charge is 0.379 e. The predicted octanol–water partition coefficient (Wildman–Crippen LogP) is 3.70. The lowest BCUT2D eigenvalue weighted by atomic mass is 10.2. The van der Waals surface area contributed by atoms with Crippen molar-refractivity contribution in [3.05, 3.63) is 52.1 Å². The van der Waals surface area contributed by atoms with E-state index in [2.05, 4.69) is 4.98 Å². The van der Waals surface area contributed by atoms with Crippen LogP contribution in [-0.4, -0.2) is 44.0 Å². The minimum absolute atomic E-state index is 0.189. The van der Waals surface area contributed by atoms with Crippen LogP contribution in [0.3, 0.4) is 0 Å². The average Bonchev–Trinajstić information content (AvgIpc) is 2.62. The maximum atomic E-state index is 12.6. The molecule has 5 nitrogen and oxygen atoms in total. The highest BCUT2D eigenvalue weighted by molar-refractivity contribution is 7.98. The number of hydrogen-bond donors (Lipinski definition) is 0. The van der Waals surface area contributed by atoms with Crippen molar-refractivity contribution in [3.8, 4) is 0 Å². The highest BCUT2D eigenvalue weighted by Crippen LogP contribution is 2.31. The number of nitrogens with zero attached hydrogens (tertiary/aromatic N) is 2. The molecule has 9 heteroatoms. The van der Waals surface area contributed by atoms with Gasteiger partial charge in [-0.3, -0.25) is 0 Å². The highest BCUT2D eigenvalue weighted by atomic mass is 35.5. The second-order valence-electron chi connectivity index (χ2n) is 5.34. The molecule has 25 heavy (non-hydrogen) atoms. The first-order valence-electron chi connectivity index (χ1n) is 7.58. The summed E-state index contributed by atoms with van der Waals surface area (Å²) in [6.07, 6.45) is 1.39. The Morgan fingerprint density at radius 2 is 1.80 bits per heavy atom. The topological polar surface area (TPSA) is 59.5 Å². The van der Waals surface area contributed by atoms with Crippen LogP contribution in [0.15, 0.2) is 46.5 Å². The number of sulfonamides is 1. The maximum Gasteiger partial charge on any atom is 0.244 e. The summed E-state index contributed by atoms with van der Waals surface area (Å²) in [4.78, 5) is 4.44. The van der Waals surface area contributed by atoms with E-state index in [0.717, 1.165) is 5.56 Å². The summed E-state index contributed by atoms with van der Waals surface area (Å²) in [6, 6.07) is 8.64. The molecular weight excluding hydrogens is 403 g/mol. The van der Waals surface area contributed by atoms with E-state index in [-0.39, 0.29) is 4.90 Å². The molecule has 134 valence electrons. The number of rotatable bonds is 5. The van der Waals surface area contributed by atoms with Crippen LogP contribution in [0.5, 0.6) is 0 Å². The zero-order chi connectivity index (χ0) is 17.9. The monoisotopic (exact) mass is 418 g/mol. The Balaban J connectivity index is 1.70. The van der Waals surface area contributed by atoms with Gasteiger partial charge in [-0.15, -0.1) is 11.8 Å². The average molecular weight is 419 g/mol. The molecule has 0 bridgehead atoms. The van der Waals surface area contributed by atoms with E-state index in [1.807, 2.05) is 0 Å². The van der Waals surface area contributed by atoms with Gasteiger partial charge in [0.15, 0.2) is 0 Å². The van der Waals surface area contributed by atoms with Gasteiger partial charge in [-0.1, -0.05) is 29.3 Å². The van der Waals surface area contributed by atoms with Crippen LogP contribution >= 0.6 is 35.0 Å². The Morgan fingerprint density at radius 3 is 2.40 bits per heavy atom. The van der Waals surface area contributed by atoms with Crippen molar-refractivity contribution in [2.45, 2.75) is 15.7 Å². The fraction of sp³-hybridized carbons (Fsp3) is 0.312. The number of halogens is 2. The summed E-state index contributed by atoms with van der Waals surface area (Å²) >= 11 is 13.8. The third-order valence-corrected chi connectivity index (χ3v) is 7.30. The fourth-order valence-corrected chi connectivity index (χ4v) is 5.30. The standard InChI is InChI=1S/C16H16Cl2N2O3S2/c17-14-2-1-3-15(18)13(14)11-24-16-5-4-12(10-19-16)25(21,22)20-6-8-23-9-7-20/h1-5,10H,6-9,11H2. The van der Waals surface area contributed by atoms with Crippen molar-refractivity contribution in [1.29, 1.82) is 0 Å². The molecule has 0 unspecified atom stereocenters. The summed E-state index contributed by atoms with van der Waals surface area (Å²) in [5.41, 5.74) is 0.836. The van der Waals surface area contributed by atoms with Gasteiger partial charge in [-0.2, -0.15) is 4.31 Å². The molecule has 1 saturated heterocycles. The summed E-state index contributed by atoms with van der Waals surface area (Å²) < 4.78 is 31.7. The maximum absolute atomic E-state index is 12.6. The van der Waals surface area contributed by atoms with Crippen LogP contribution in [0.1, 0.15) is 5.56 Å². The number of pyridine rings is 1. The van der Waals surface area contributed by atoms with E-state index in [1.165, 1.54) is 22.3 Å². The molecule has 1 fully saturated rings. The number of aromatic nitrogens is 1. The number of hydrogen-bond acceptors (Lipinski definition) is 5. The first kappa shape index (κ1) is 18.9. The lowest BCUT2D eigenvalue weighted by Crippen LogP contribution is -2.40. The normalized spacial score (nSPS) is 16.1. The second-order valence-corrected chi connectivity index (χ2v) is 9.09. The van der Waals surface area contributed by atoms with Crippen molar-refractivity contribution in [3.63, 3.8) is 0 Å². The van der Waals surface area contributed by atoms with Crippen LogP contribution in [0, 0.1) is 0 Å². The van der Waals surface area contributed by atoms with Crippen LogP contribution in [0.2, 0.25) is 10.0 Å². The van der Waals surface area contributed by atoms with E-state index < -0.39 is 10.0 Å². The van der Waals surface area contributed by atoms with Gasteiger partial charge in [-0.25, -0.2) is 13.4 Å². The van der Waals surface area contributed by atoms with E-state index in [1.54, 1.807) is 30.3 Å². The minimum Gasteiger partial charge on any atom is -0.379 e. The highest BCUT2D eigenvalue weighted by Gasteiger charge is 2.26. The molecule has 0 amide bonds. The molecule has 1 aromatic heterocycles. The van der Waals surface area contributed by atoms with E-state index >= 15 is 0 Å². The molecule has 0 spiro atoms. The molecule has 1 aliphatic rings. The van der Waals surface area contributed by atoms with Gasteiger partial charge >= 0.3 is 0 Å². The van der Waals surface area contributed by atoms with Gasteiger partial charge in [0, 0.05) is 35.1 Å². The van der Waals surface area contributed by atoms with Crippen molar-refractivity contribution < 1.29 is 13.2 Å². The zero-order valence-electron chi connectivity index (χ0n) is 13.2. The van der Waals surface area contributed by atoms with Gasteiger partial charge in [-0.05, 0) is 29.8 Å². The van der Waals surface area contributed by atoms with E-state index in [0.29, 0.717) is 47.1 Å². The van der Waals surface area contributed by atoms with Crippen LogP contribution in [0.4, 0.5) is 0 Å². The first-order chi connectivity index (χ1) is 12.0. The molecule has 2 heterocycles. The molecular formula is C16H16Cl2N2O3S2. The zero-order valence-corrected chi connectivity index (χ0v) is 16.3. The smallest absolute Gasteiger partial charge is 0.244 e. The van der Waals surface area contributed by atoms with Crippen molar-refractivity contribution in [2.24, 2.45) is 0 Å². The Bertz CT molecular complexity index is 819. The Hall–Kier alpha value is -0.830. The molecule has 1 aliphatic heterocycles. The van der Waals surface area contributed by atoms with Crippen molar-refractivity contribution in [1.82, 2.24) is 9.29 Å². The third kappa shape index (κ3) is 4.48. The lowest BCUT2D eigenvalue weighted by Gasteiger charge is -2.25. The predicted molar refractivity (Wildman–Crippen MR) is 99.8 cm³/mol. The molecule has 3 rings (SSSR count). The van der Waals surface area contributed by atoms with Gasteiger partial charge in [0.05, 0.1) is 18.2 Å². The summed E-state index contributed by atoms with van der Waals surface area (Å²) in [5, 5.41) is 1.91. The van der Waals surface area contributed by atoms with Crippen LogP contribution in [-0.2, 0) is 20.5 Å². The Morgan fingerprint density at radius 1 is 1.12 bits per heavy atom. The van der Waals surface area contributed by atoms with Gasteiger partial charge in [0.25, 0.3) is 0 Å². The molecule has 0 aliphatic carbocycles. The Kier molecular flexibility index (Phi) is 6.25. The van der Waals surface area contributed by atoms with Gasteiger partial charge in [0.2, 0.25) is 10.0 Å². The summed E-state index contributed by atoms with van der Waals surface area (Å²) in [7, 11) is -3.52. The molecule has 0 atom stereocenters. The number of benzene rings is 1. The lowest BCUT2D eigenvalue weighted by molar-refractivity contribution is 0.0730. The minimum atomic E-state index is -3.52. The molecule has 0 saturated carbocycles. The quantitative estimate of drug-likeness (QED) is 0.692. The van der Waals surface area contributed by atoms with Crippen molar-refractivity contribution in [2.75, 3.05) is 26.3 Å². The van der Waals surface area contributed by atoms with Crippen LogP contribution < -0.4 is 0 Å². The number of morpholine rings is 1. The SMILES string of the molecule is O=S(=O)(c1ccc(SCc2c(Cl)cccc2Cl)nc1)N1CCOCC1. The molecule has 0 radical (unpaired) electrons. The van der Waals surface area contributed by atoms with Crippen LogP contribution in [0.25, 0.3) is 0 Å². The van der Waals surface area contributed by atoms with E-state index in [9.17, 15) is 8.42 Å². The Labute approximate surface area is 161 Å². The number of ether oxygens (including phenoxy) is 1. The molecule has 1 aromatic carbocycles. The molecule has 2 aromatic rings. The van der Waals surface area contributed by atoms with E-state index in [4.69, 9.17) is 27.9 Å². The summed E-state index contributed by atoms with van der Waals surface area (Å²) in [5.74, 6) is 0.557. The summed E-state index contributed by atoms with van der Waals surface area (Å²) in [6.45, 7) is 1.56. The fourth-order valence-electron chi connectivity index (χ4n) is 2.36. The third-order valence-electron chi connectivity index (χ3n) is 3.74.